The van der Waals surface area contributed by atoms with Gasteiger partial charge in [0.1, 0.15) is 5.75 Å². The van der Waals surface area contributed by atoms with E-state index in [1.54, 1.807) is 19.2 Å². The van der Waals surface area contributed by atoms with Gasteiger partial charge in [0.25, 0.3) is 0 Å². The van der Waals surface area contributed by atoms with Crippen LogP contribution in [0.25, 0.3) is 0 Å². The minimum absolute atomic E-state index is 0.0576. The monoisotopic (exact) mass is 302 g/mol. The first-order valence-electron chi connectivity index (χ1n) is 5.84. The fourth-order valence-electron chi connectivity index (χ4n) is 1.66. The molecule has 0 bridgehead atoms. The quantitative estimate of drug-likeness (QED) is 0.922. The summed E-state index contributed by atoms with van der Waals surface area (Å²) >= 11 is 5.87. The molecule has 0 fully saturated rings. The van der Waals surface area contributed by atoms with Gasteiger partial charge in [-0.1, -0.05) is 16.8 Å². The largest absolute Gasteiger partial charge is 0.434 e. The van der Waals surface area contributed by atoms with Crippen molar-refractivity contribution in [1.82, 2.24) is 15.0 Å². The summed E-state index contributed by atoms with van der Waals surface area (Å²) in [4.78, 5) is 0. The second-order valence-electron chi connectivity index (χ2n) is 4.26. The van der Waals surface area contributed by atoms with Gasteiger partial charge >= 0.3 is 6.61 Å². The van der Waals surface area contributed by atoms with Crippen LogP contribution in [0.5, 0.6) is 5.75 Å². The fourth-order valence-corrected chi connectivity index (χ4v) is 1.85. The highest BCUT2D eigenvalue weighted by Crippen LogP contribution is 2.25. The molecule has 2 aromatic rings. The average molecular weight is 303 g/mol. The summed E-state index contributed by atoms with van der Waals surface area (Å²) in [6, 6.07) is 4.18. The molecule has 0 aliphatic heterocycles. The van der Waals surface area contributed by atoms with Crippen molar-refractivity contribution in [2.45, 2.75) is 26.1 Å². The van der Waals surface area contributed by atoms with Crippen molar-refractivity contribution < 1.29 is 13.5 Å². The molecule has 2 rings (SSSR count). The highest BCUT2D eigenvalue weighted by Gasteiger charge is 2.12. The molecule has 0 spiro atoms. The van der Waals surface area contributed by atoms with E-state index in [0.29, 0.717) is 16.3 Å². The minimum atomic E-state index is -2.90. The average Bonchev–Trinajstić information content (AvgIpc) is 2.81. The number of rotatable bonds is 5. The Labute approximate surface area is 119 Å². The smallest absolute Gasteiger partial charge is 0.387 e. The Hall–Kier alpha value is -1.73. The molecule has 0 saturated carbocycles. The Morgan fingerprint density at radius 2 is 2.20 bits per heavy atom. The summed E-state index contributed by atoms with van der Waals surface area (Å²) in [6.45, 7) is -0.910. The summed E-state index contributed by atoms with van der Waals surface area (Å²) in [7, 11) is 0. The number of aromatic nitrogens is 3. The SMILES string of the molecule is CC(N)c1cn(Cc2cc(Cl)ccc2OC(F)F)nn1. The Bertz CT molecular complexity index is 589. The molecule has 1 atom stereocenters. The van der Waals surface area contributed by atoms with Crippen LogP contribution in [0.2, 0.25) is 5.02 Å². The Morgan fingerprint density at radius 1 is 1.45 bits per heavy atom. The molecular formula is C12H13ClF2N4O. The molecule has 0 aliphatic rings. The molecule has 0 amide bonds. The normalized spacial score (nSPS) is 12.7. The number of alkyl halides is 2. The van der Waals surface area contributed by atoms with Gasteiger partial charge in [0.15, 0.2) is 0 Å². The predicted molar refractivity (Wildman–Crippen MR) is 69.8 cm³/mol. The first kappa shape index (κ1) is 14.7. The van der Waals surface area contributed by atoms with E-state index < -0.39 is 6.61 Å². The van der Waals surface area contributed by atoms with Crippen molar-refractivity contribution in [3.05, 3.63) is 40.7 Å². The Kier molecular flexibility index (Phi) is 4.51. The molecule has 108 valence electrons. The van der Waals surface area contributed by atoms with Gasteiger partial charge in [-0.25, -0.2) is 4.68 Å². The van der Waals surface area contributed by atoms with Crippen molar-refractivity contribution in [3.8, 4) is 5.75 Å². The molecule has 1 heterocycles. The van der Waals surface area contributed by atoms with Crippen LogP contribution < -0.4 is 10.5 Å². The van der Waals surface area contributed by atoms with Crippen molar-refractivity contribution in [2.75, 3.05) is 0 Å². The lowest BCUT2D eigenvalue weighted by atomic mass is 10.2. The maximum atomic E-state index is 12.3. The van der Waals surface area contributed by atoms with Crippen LogP contribution >= 0.6 is 11.6 Å². The number of benzene rings is 1. The zero-order valence-electron chi connectivity index (χ0n) is 10.6. The van der Waals surface area contributed by atoms with Gasteiger partial charge in [-0.05, 0) is 25.1 Å². The molecule has 8 heteroatoms. The minimum Gasteiger partial charge on any atom is -0.434 e. The number of nitrogens with two attached hydrogens (primary N) is 1. The lowest BCUT2D eigenvalue weighted by molar-refractivity contribution is -0.0505. The molecule has 0 radical (unpaired) electrons. The molecule has 0 aliphatic carbocycles. The summed E-state index contributed by atoms with van der Waals surface area (Å²) < 4.78 is 30.6. The molecule has 1 unspecified atom stereocenters. The third-order valence-electron chi connectivity index (χ3n) is 2.59. The van der Waals surface area contributed by atoms with Gasteiger partial charge in [0.05, 0.1) is 18.4 Å². The van der Waals surface area contributed by atoms with Gasteiger partial charge < -0.3 is 10.5 Å². The van der Waals surface area contributed by atoms with E-state index in [1.807, 2.05) is 0 Å². The molecule has 0 saturated heterocycles. The van der Waals surface area contributed by atoms with E-state index in [2.05, 4.69) is 15.0 Å². The summed E-state index contributed by atoms with van der Waals surface area (Å²) in [5.41, 5.74) is 6.78. The topological polar surface area (TPSA) is 66.0 Å². The van der Waals surface area contributed by atoms with Crippen LogP contribution in [0.1, 0.15) is 24.2 Å². The number of nitrogens with zero attached hydrogens (tertiary/aromatic N) is 3. The summed E-state index contributed by atoms with van der Waals surface area (Å²) in [5, 5.41) is 8.20. The van der Waals surface area contributed by atoms with Crippen molar-refractivity contribution in [2.24, 2.45) is 5.73 Å². The maximum Gasteiger partial charge on any atom is 0.387 e. The first-order valence-corrected chi connectivity index (χ1v) is 6.22. The Balaban J connectivity index is 2.24. The summed E-state index contributed by atoms with van der Waals surface area (Å²) in [6.07, 6.45) is 1.65. The molecule has 2 N–H and O–H groups in total. The zero-order chi connectivity index (χ0) is 14.7. The van der Waals surface area contributed by atoms with Gasteiger partial charge in [-0.3, -0.25) is 0 Å². The fraction of sp³-hybridized carbons (Fsp3) is 0.333. The summed E-state index contributed by atoms with van der Waals surface area (Å²) in [5.74, 6) is 0.0576. The van der Waals surface area contributed by atoms with Crippen LogP contribution in [0.15, 0.2) is 24.4 Å². The van der Waals surface area contributed by atoms with Crippen LogP contribution in [-0.2, 0) is 6.54 Å². The molecule has 1 aromatic heterocycles. The lowest BCUT2D eigenvalue weighted by Gasteiger charge is -2.10. The van der Waals surface area contributed by atoms with Crippen molar-refractivity contribution in [3.63, 3.8) is 0 Å². The second-order valence-corrected chi connectivity index (χ2v) is 4.70. The second kappa shape index (κ2) is 6.15. The number of hydrogen-bond acceptors (Lipinski definition) is 4. The predicted octanol–water partition coefficient (Wildman–Crippen LogP) is 2.60. The van der Waals surface area contributed by atoms with E-state index in [1.165, 1.54) is 16.8 Å². The van der Waals surface area contributed by atoms with E-state index in [0.717, 1.165) is 0 Å². The van der Waals surface area contributed by atoms with Gasteiger partial charge in [-0.2, -0.15) is 8.78 Å². The van der Waals surface area contributed by atoms with Gasteiger partial charge in [-0.15, -0.1) is 5.10 Å². The van der Waals surface area contributed by atoms with Gasteiger partial charge in [0.2, 0.25) is 0 Å². The lowest BCUT2D eigenvalue weighted by Crippen LogP contribution is -2.08. The number of halogens is 3. The zero-order valence-corrected chi connectivity index (χ0v) is 11.4. The standard InChI is InChI=1S/C12H13ClF2N4O/c1-7(16)10-6-19(18-17-10)5-8-4-9(13)2-3-11(8)20-12(14)15/h2-4,6-7,12H,5,16H2,1H3. The molecule has 1 aromatic carbocycles. The molecule has 5 nitrogen and oxygen atoms in total. The van der Waals surface area contributed by atoms with E-state index in [9.17, 15) is 8.78 Å². The van der Waals surface area contributed by atoms with Crippen LogP contribution in [0, 0.1) is 0 Å². The highest BCUT2D eigenvalue weighted by molar-refractivity contribution is 6.30. The maximum absolute atomic E-state index is 12.3. The third-order valence-corrected chi connectivity index (χ3v) is 2.83. The van der Waals surface area contributed by atoms with Crippen LogP contribution in [0.4, 0.5) is 8.78 Å². The van der Waals surface area contributed by atoms with Crippen molar-refractivity contribution in [1.29, 1.82) is 0 Å². The third kappa shape index (κ3) is 3.64. The number of ether oxygens (including phenoxy) is 1. The van der Waals surface area contributed by atoms with E-state index >= 15 is 0 Å². The molecule has 20 heavy (non-hydrogen) atoms. The molecular weight excluding hydrogens is 290 g/mol. The highest BCUT2D eigenvalue weighted by atomic mass is 35.5. The van der Waals surface area contributed by atoms with Crippen LogP contribution in [0.3, 0.4) is 0 Å². The first-order chi connectivity index (χ1) is 9.45. The van der Waals surface area contributed by atoms with Gasteiger partial charge in [0, 0.05) is 16.6 Å². The van der Waals surface area contributed by atoms with Crippen molar-refractivity contribution >= 4 is 11.6 Å². The van der Waals surface area contributed by atoms with Crippen LogP contribution in [-0.4, -0.2) is 21.6 Å². The Morgan fingerprint density at radius 3 is 2.80 bits per heavy atom. The number of hydrogen-bond donors (Lipinski definition) is 1. The van der Waals surface area contributed by atoms with E-state index in [-0.39, 0.29) is 18.3 Å². The van der Waals surface area contributed by atoms with E-state index in [4.69, 9.17) is 17.3 Å².